The molecule has 3 heterocycles. The van der Waals surface area contributed by atoms with Gasteiger partial charge >= 0.3 is 0 Å². The standard InChI is InChI=1S/C25H21ClN6OS/c1-3-31-16(2)19(15-28-31)22-12-13-27-24-14-21(30-32(22)24)25(33)29-20-6-4-5-7-23(20)34-18-10-8-17(26)9-11-18/h4-15H,3H2,1-2H3,(H,29,33). The molecule has 3 aromatic heterocycles. The van der Waals surface area contributed by atoms with Crippen LogP contribution in [-0.2, 0) is 6.54 Å². The number of nitrogens with zero attached hydrogens (tertiary/aromatic N) is 5. The van der Waals surface area contributed by atoms with Gasteiger partial charge in [-0.3, -0.25) is 9.48 Å². The minimum atomic E-state index is -0.304. The topological polar surface area (TPSA) is 77.1 Å². The number of carbonyl (C=O) groups excluding carboxylic acids is 1. The van der Waals surface area contributed by atoms with E-state index in [1.807, 2.05) is 79.3 Å². The van der Waals surface area contributed by atoms with Gasteiger partial charge in [-0.25, -0.2) is 9.50 Å². The van der Waals surface area contributed by atoms with Gasteiger partial charge in [-0.15, -0.1) is 0 Å². The summed E-state index contributed by atoms with van der Waals surface area (Å²) in [6.07, 6.45) is 3.54. The maximum atomic E-state index is 13.1. The van der Waals surface area contributed by atoms with Crippen LogP contribution < -0.4 is 5.32 Å². The van der Waals surface area contributed by atoms with Gasteiger partial charge in [0.05, 0.1) is 17.6 Å². The first-order valence-corrected chi connectivity index (χ1v) is 11.9. The molecule has 0 aliphatic carbocycles. The largest absolute Gasteiger partial charge is 0.320 e. The Labute approximate surface area is 205 Å². The molecule has 0 unspecified atom stereocenters. The number of rotatable bonds is 6. The van der Waals surface area contributed by atoms with Gasteiger partial charge in [0, 0.05) is 44.9 Å². The Morgan fingerprint density at radius 3 is 2.68 bits per heavy atom. The number of hydrogen-bond donors (Lipinski definition) is 1. The van der Waals surface area contributed by atoms with Crippen molar-refractivity contribution < 1.29 is 4.79 Å². The van der Waals surface area contributed by atoms with Gasteiger partial charge in [-0.1, -0.05) is 35.5 Å². The Balaban J connectivity index is 1.44. The van der Waals surface area contributed by atoms with E-state index in [0.717, 1.165) is 33.3 Å². The summed E-state index contributed by atoms with van der Waals surface area (Å²) in [5, 5.41) is 12.7. The number of amides is 1. The average molecular weight is 489 g/mol. The van der Waals surface area contributed by atoms with Crippen LogP contribution in [0.25, 0.3) is 16.9 Å². The maximum Gasteiger partial charge on any atom is 0.276 e. The molecule has 170 valence electrons. The molecule has 0 saturated heterocycles. The van der Waals surface area contributed by atoms with Gasteiger partial charge in [-0.05, 0) is 56.3 Å². The van der Waals surface area contributed by atoms with Crippen molar-refractivity contribution in [2.75, 3.05) is 5.32 Å². The van der Waals surface area contributed by atoms with Crippen molar-refractivity contribution in [2.45, 2.75) is 30.2 Å². The highest BCUT2D eigenvalue weighted by Crippen LogP contribution is 2.34. The van der Waals surface area contributed by atoms with Crippen molar-refractivity contribution in [1.29, 1.82) is 0 Å². The van der Waals surface area contributed by atoms with Crippen molar-refractivity contribution in [3.8, 4) is 11.3 Å². The molecule has 34 heavy (non-hydrogen) atoms. The van der Waals surface area contributed by atoms with E-state index in [0.29, 0.717) is 16.4 Å². The van der Waals surface area contributed by atoms with E-state index in [1.54, 1.807) is 28.5 Å². The first kappa shape index (κ1) is 22.2. The normalized spacial score (nSPS) is 11.1. The van der Waals surface area contributed by atoms with Gasteiger partial charge in [0.1, 0.15) is 0 Å². The predicted molar refractivity (Wildman–Crippen MR) is 135 cm³/mol. The monoisotopic (exact) mass is 488 g/mol. The maximum absolute atomic E-state index is 13.1. The van der Waals surface area contributed by atoms with Crippen LogP contribution in [0, 0.1) is 6.92 Å². The first-order valence-electron chi connectivity index (χ1n) is 10.7. The van der Waals surface area contributed by atoms with Crippen LogP contribution >= 0.6 is 23.4 Å². The molecule has 0 spiro atoms. The average Bonchev–Trinajstić information content (AvgIpc) is 3.45. The van der Waals surface area contributed by atoms with E-state index in [4.69, 9.17) is 11.6 Å². The van der Waals surface area contributed by atoms with Crippen LogP contribution in [0.5, 0.6) is 0 Å². The smallest absolute Gasteiger partial charge is 0.276 e. The van der Waals surface area contributed by atoms with Crippen LogP contribution in [0.4, 0.5) is 5.69 Å². The Hall–Kier alpha value is -3.62. The van der Waals surface area contributed by atoms with E-state index >= 15 is 0 Å². The fourth-order valence-electron chi connectivity index (χ4n) is 3.70. The SMILES string of the molecule is CCn1ncc(-c2ccnc3cc(C(=O)Nc4ccccc4Sc4ccc(Cl)cc4)nn23)c1C. The van der Waals surface area contributed by atoms with Gasteiger partial charge < -0.3 is 5.32 Å². The molecule has 9 heteroatoms. The fourth-order valence-corrected chi connectivity index (χ4v) is 4.73. The lowest BCUT2D eigenvalue weighted by atomic mass is 10.2. The fraction of sp³-hybridized carbons (Fsp3) is 0.120. The third-order valence-corrected chi connectivity index (χ3v) is 6.78. The lowest BCUT2D eigenvalue weighted by Gasteiger charge is -2.10. The Bertz CT molecular complexity index is 1490. The predicted octanol–water partition coefficient (Wildman–Crippen LogP) is 5.98. The summed E-state index contributed by atoms with van der Waals surface area (Å²) >= 11 is 7.55. The highest BCUT2D eigenvalue weighted by molar-refractivity contribution is 7.99. The second kappa shape index (κ2) is 9.32. The van der Waals surface area contributed by atoms with E-state index < -0.39 is 0 Å². The number of nitrogens with one attached hydrogen (secondary N) is 1. The molecule has 0 atom stereocenters. The summed E-state index contributed by atoms with van der Waals surface area (Å²) in [6.45, 7) is 4.84. The van der Waals surface area contributed by atoms with Crippen molar-refractivity contribution in [1.82, 2.24) is 24.4 Å². The molecule has 2 aromatic carbocycles. The quantitative estimate of drug-likeness (QED) is 0.318. The molecule has 7 nitrogen and oxygen atoms in total. The van der Waals surface area contributed by atoms with Gasteiger partial charge in [0.15, 0.2) is 11.3 Å². The van der Waals surface area contributed by atoms with Crippen molar-refractivity contribution in [3.63, 3.8) is 0 Å². The molecule has 1 N–H and O–H groups in total. The highest BCUT2D eigenvalue weighted by atomic mass is 35.5. The number of carbonyl (C=O) groups is 1. The van der Waals surface area contributed by atoms with Crippen LogP contribution in [0.15, 0.2) is 82.8 Å². The van der Waals surface area contributed by atoms with Crippen LogP contribution in [-0.4, -0.2) is 30.3 Å². The molecular formula is C25H21ClN6OS. The van der Waals surface area contributed by atoms with Gasteiger partial charge in [0.25, 0.3) is 5.91 Å². The minimum Gasteiger partial charge on any atom is -0.320 e. The van der Waals surface area contributed by atoms with E-state index in [-0.39, 0.29) is 11.6 Å². The number of benzene rings is 2. The number of halogens is 1. The van der Waals surface area contributed by atoms with Crippen molar-refractivity contribution in [2.24, 2.45) is 0 Å². The zero-order chi connectivity index (χ0) is 23.7. The zero-order valence-corrected chi connectivity index (χ0v) is 20.1. The number of fused-ring (bicyclic) bond motifs is 1. The summed E-state index contributed by atoms with van der Waals surface area (Å²) in [5.74, 6) is -0.304. The van der Waals surface area contributed by atoms with Crippen LogP contribution in [0.2, 0.25) is 5.02 Å². The van der Waals surface area contributed by atoms with Crippen molar-refractivity contribution in [3.05, 3.63) is 89.5 Å². The van der Waals surface area contributed by atoms with Crippen LogP contribution in [0.3, 0.4) is 0 Å². The lowest BCUT2D eigenvalue weighted by Crippen LogP contribution is -2.13. The summed E-state index contributed by atoms with van der Waals surface area (Å²) in [6, 6.07) is 18.8. The summed E-state index contributed by atoms with van der Waals surface area (Å²) in [4.78, 5) is 19.5. The van der Waals surface area contributed by atoms with Gasteiger partial charge in [0.2, 0.25) is 0 Å². The second-order valence-electron chi connectivity index (χ2n) is 7.60. The second-order valence-corrected chi connectivity index (χ2v) is 9.15. The number of anilines is 1. The minimum absolute atomic E-state index is 0.284. The summed E-state index contributed by atoms with van der Waals surface area (Å²) in [7, 11) is 0. The zero-order valence-electron chi connectivity index (χ0n) is 18.6. The number of aryl methyl sites for hydroxylation is 1. The summed E-state index contributed by atoms with van der Waals surface area (Å²) in [5.41, 5.74) is 4.40. The molecule has 5 aromatic rings. The Morgan fingerprint density at radius 1 is 1.12 bits per heavy atom. The molecule has 0 aliphatic rings. The third-order valence-electron chi connectivity index (χ3n) is 5.45. The molecule has 0 bridgehead atoms. The summed E-state index contributed by atoms with van der Waals surface area (Å²) < 4.78 is 3.61. The van der Waals surface area contributed by atoms with Crippen molar-refractivity contribution >= 4 is 40.6 Å². The third kappa shape index (κ3) is 4.30. The molecule has 1 amide bonds. The Kier molecular flexibility index (Phi) is 6.08. The number of hydrogen-bond acceptors (Lipinski definition) is 5. The Morgan fingerprint density at radius 2 is 1.91 bits per heavy atom. The van der Waals surface area contributed by atoms with Crippen LogP contribution in [0.1, 0.15) is 23.1 Å². The molecule has 0 aliphatic heterocycles. The molecular weight excluding hydrogens is 468 g/mol. The first-order chi connectivity index (χ1) is 16.5. The molecule has 0 fully saturated rings. The number of para-hydroxylation sites is 1. The molecule has 5 rings (SSSR count). The van der Waals surface area contributed by atoms with Gasteiger partial charge in [-0.2, -0.15) is 10.2 Å². The van der Waals surface area contributed by atoms with E-state index in [2.05, 4.69) is 20.5 Å². The van der Waals surface area contributed by atoms with E-state index in [1.165, 1.54) is 0 Å². The molecule has 0 radical (unpaired) electrons. The van der Waals surface area contributed by atoms with E-state index in [9.17, 15) is 4.79 Å². The number of aromatic nitrogens is 5. The highest BCUT2D eigenvalue weighted by Gasteiger charge is 2.17. The molecule has 0 saturated carbocycles. The lowest BCUT2D eigenvalue weighted by molar-refractivity contribution is 0.102.